The van der Waals surface area contributed by atoms with Crippen LogP contribution in [0.25, 0.3) is 16.8 Å². The van der Waals surface area contributed by atoms with Crippen LogP contribution in [0, 0.1) is 0 Å². The lowest BCUT2D eigenvalue weighted by Gasteiger charge is -2.25. The second kappa shape index (κ2) is 9.57. The molecular formula is C25H33NO6Si. The van der Waals surface area contributed by atoms with Crippen LogP contribution in [0.3, 0.4) is 0 Å². The molecule has 1 amide bonds. The predicted molar refractivity (Wildman–Crippen MR) is 131 cm³/mol. The number of hydrogen-bond acceptors (Lipinski definition) is 6. The molecule has 8 heteroatoms. The Morgan fingerprint density at radius 3 is 2.55 bits per heavy atom. The highest BCUT2D eigenvalue weighted by Gasteiger charge is 2.50. The van der Waals surface area contributed by atoms with Crippen LogP contribution < -0.4 is 4.74 Å². The topological polar surface area (TPSA) is 85.3 Å². The number of amides is 1. The van der Waals surface area contributed by atoms with E-state index in [2.05, 4.69) is 26.2 Å². The van der Waals surface area contributed by atoms with Gasteiger partial charge >= 0.3 is 12.1 Å². The highest BCUT2D eigenvalue weighted by Crippen LogP contribution is 2.39. The fourth-order valence-electron chi connectivity index (χ4n) is 4.08. The quantitative estimate of drug-likeness (QED) is 0.476. The summed E-state index contributed by atoms with van der Waals surface area (Å²) in [7, 11) is 1.49. The van der Waals surface area contributed by atoms with Gasteiger partial charge in [-0.3, -0.25) is 4.90 Å². The first-order chi connectivity index (χ1) is 15.5. The van der Waals surface area contributed by atoms with E-state index < -0.39 is 31.8 Å². The number of carbonyl (C=O) groups is 2. The van der Waals surface area contributed by atoms with Crippen LogP contribution in [0.15, 0.2) is 36.9 Å². The van der Waals surface area contributed by atoms with Gasteiger partial charge in [-0.05, 0) is 40.6 Å². The van der Waals surface area contributed by atoms with Gasteiger partial charge in [-0.15, -0.1) is 0 Å². The van der Waals surface area contributed by atoms with Crippen molar-refractivity contribution in [3.8, 4) is 5.75 Å². The Balaban J connectivity index is 1.90. The normalized spacial score (nSPS) is 20.5. The molecule has 2 unspecified atom stereocenters. The van der Waals surface area contributed by atoms with Crippen molar-refractivity contribution in [1.82, 2.24) is 4.90 Å². The van der Waals surface area contributed by atoms with Crippen molar-refractivity contribution in [2.24, 2.45) is 0 Å². The van der Waals surface area contributed by atoms with E-state index in [1.807, 2.05) is 30.3 Å². The van der Waals surface area contributed by atoms with Gasteiger partial charge in [-0.1, -0.05) is 44.4 Å². The van der Waals surface area contributed by atoms with Crippen molar-refractivity contribution < 1.29 is 28.9 Å². The number of aliphatic hydroxyl groups is 1. The van der Waals surface area contributed by atoms with Gasteiger partial charge < -0.3 is 19.3 Å². The van der Waals surface area contributed by atoms with Crippen LogP contribution in [0.4, 0.5) is 4.79 Å². The molecule has 2 aromatic rings. The van der Waals surface area contributed by atoms with Crippen molar-refractivity contribution in [2.45, 2.75) is 43.7 Å². The zero-order chi connectivity index (χ0) is 24.4. The van der Waals surface area contributed by atoms with Gasteiger partial charge in [0.1, 0.15) is 17.4 Å². The molecule has 2 atom stereocenters. The Morgan fingerprint density at radius 1 is 1.21 bits per heavy atom. The van der Waals surface area contributed by atoms with Crippen LogP contribution in [-0.4, -0.2) is 63.6 Å². The highest BCUT2D eigenvalue weighted by molar-refractivity contribution is 6.76. The summed E-state index contributed by atoms with van der Waals surface area (Å²) in [5, 5.41) is 13.4. The Kier molecular flexibility index (Phi) is 7.19. The van der Waals surface area contributed by atoms with Gasteiger partial charge in [0.2, 0.25) is 0 Å². The highest BCUT2D eigenvalue weighted by atomic mass is 28.3. The van der Waals surface area contributed by atoms with Gasteiger partial charge in [0.05, 0.1) is 27.4 Å². The monoisotopic (exact) mass is 471 g/mol. The van der Waals surface area contributed by atoms with Gasteiger partial charge in [0.25, 0.3) is 0 Å². The Bertz CT molecular complexity index is 1060. The number of carbonyl (C=O) groups excluding carboxylic acids is 2. The number of fused-ring (bicyclic) bond motifs is 1. The van der Waals surface area contributed by atoms with Crippen LogP contribution in [0.2, 0.25) is 25.7 Å². The van der Waals surface area contributed by atoms with Crippen molar-refractivity contribution in [3.05, 3.63) is 48.0 Å². The summed E-state index contributed by atoms with van der Waals surface area (Å²) in [4.78, 5) is 26.6. The first-order valence-electron chi connectivity index (χ1n) is 11.0. The van der Waals surface area contributed by atoms with E-state index in [4.69, 9.17) is 14.2 Å². The molecule has 2 aromatic carbocycles. The fourth-order valence-corrected chi connectivity index (χ4v) is 4.80. The first-order valence-corrected chi connectivity index (χ1v) is 14.7. The molecule has 1 heterocycles. The molecule has 1 fully saturated rings. The average Bonchev–Trinajstić information content (AvgIpc) is 3.15. The molecule has 33 heavy (non-hydrogen) atoms. The van der Waals surface area contributed by atoms with E-state index in [9.17, 15) is 14.7 Å². The van der Waals surface area contributed by atoms with Crippen LogP contribution in [-0.2, 0) is 19.9 Å². The number of ether oxygens (including phenoxy) is 3. The van der Waals surface area contributed by atoms with E-state index in [1.165, 1.54) is 12.0 Å². The number of likely N-dealkylation sites (tertiary alicyclic amines) is 1. The molecule has 1 saturated heterocycles. The standard InChI is InChI=1S/C25H33NO6Si/c1-7-17-12-19-13-20(9-8-18(19)14-22(17)30-2)25(29)15-21(23(27)31-3)26(16-25)24(28)32-10-11-33(4,5)6/h7-9,12-14,21,29H,1,10-11,15-16H2,2-6H3. The number of β-amino-alcohol motifs (C(OH)–C–C–N with tert-alkyl or cyclic N) is 1. The van der Waals surface area contributed by atoms with Crippen molar-refractivity contribution in [2.75, 3.05) is 27.4 Å². The number of methoxy groups -OCH3 is 2. The molecule has 7 nitrogen and oxygen atoms in total. The number of nitrogens with zero attached hydrogens (tertiary/aromatic N) is 1. The maximum absolute atomic E-state index is 12.8. The maximum atomic E-state index is 12.8. The number of benzene rings is 2. The Hall–Kier alpha value is -2.84. The van der Waals surface area contributed by atoms with Gasteiger partial charge in [0.15, 0.2) is 0 Å². The zero-order valence-electron chi connectivity index (χ0n) is 20.0. The van der Waals surface area contributed by atoms with Crippen molar-refractivity contribution >= 4 is 37.0 Å². The average molecular weight is 472 g/mol. The minimum absolute atomic E-state index is 0.0266. The number of esters is 1. The Labute approximate surface area is 195 Å². The second-order valence-electron chi connectivity index (χ2n) is 9.69. The van der Waals surface area contributed by atoms with Crippen LogP contribution >= 0.6 is 0 Å². The van der Waals surface area contributed by atoms with Crippen molar-refractivity contribution in [3.63, 3.8) is 0 Å². The summed E-state index contributed by atoms with van der Waals surface area (Å²) in [5.74, 6) is 0.135. The van der Waals surface area contributed by atoms with Gasteiger partial charge in [-0.25, -0.2) is 9.59 Å². The molecule has 0 aromatic heterocycles. The van der Waals surface area contributed by atoms with E-state index in [0.717, 1.165) is 22.4 Å². The largest absolute Gasteiger partial charge is 0.496 e. The lowest BCUT2D eigenvalue weighted by atomic mass is 9.89. The third-order valence-electron chi connectivity index (χ3n) is 6.07. The van der Waals surface area contributed by atoms with Gasteiger partial charge in [-0.2, -0.15) is 0 Å². The summed E-state index contributed by atoms with van der Waals surface area (Å²) in [5.41, 5.74) is 0.0288. The smallest absolute Gasteiger partial charge is 0.410 e. The summed E-state index contributed by atoms with van der Waals surface area (Å²) >= 11 is 0. The SMILES string of the molecule is C=Cc1cc2cc(C3(O)CC(C(=O)OC)N(C(=O)OCC[Si](C)(C)C)C3)ccc2cc1OC. The van der Waals surface area contributed by atoms with Crippen LogP contribution in [0.5, 0.6) is 5.75 Å². The molecule has 0 saturated carbocycles. The molecule has 0 aliphatic carbocycles. The minimum atomic E-state index is -1.42. The summed E-state index contributed by atoms with van der Waals surface area (Å²) in [6.45, 7) is 10.6. The van der Waals surface area contributed by atoms with E-state index >= 15 is 0 Å². The third-order valence-corrected chi connectivity index (χ3v) is 7.77. The summed E-state index contributed by atoms with van der Waals surface area (Å²) < 4.78 is 15.8. The minimum Gasteiger partial charge on any atom is -0.496 e. The molecule has 0 radical (unpaired) electrons. The molecule has 1 aliphatic rings. The molecule has 3 rings (SSSR count). The van der Waals surface area contributed by atoms with Gasteiger partial charge in [0, 0.05) is 20.1 Å². The van der Waals surface area contributed by atoms with E-state index in [0.29, 0.717) is 17.9 Å². The Morgan fingerprint density at radius 2 is 1.94 bits per heavy atom. The fraction of sp³-hybridized carbons (Fsp3) is 0.440. The lowest BCUT2D eigenvalue weighted by molar-refractivity contribution is -0.145. The number of rotatable bonds is 7. The molecule has 0 bridgehead atoms. The second-order valence-corrected chi connectivity index (χ2v) is 15.3. The van der Waals surface area contributed by atoms with Crippen molar-refractivity contribution in [1.29, 1.82) is 0 Å². The molecular weight excluding hydrogens is 438 g/mol. The molecule has 1 aliphatic heterocycles. The molecule has 178 valence electrons. The summed E-state index contributed by atoms with van der Waals surface area (Å²) in [6, 6.07) is 9.31. The maximum Gasteiger partial charge on any atom is 0.410 e. The van der Waals surface area contributed by atoms with E-state index in [-0.39, 0.29) is 13.0 Å². The summed E-state index contributed by atoms with van der Waals surface area (Å²) in [6.07, 6.45) is 1.12. The van der Waals surface area contributed by atoms with Crippen LogP contribution in [0.1, 0.15) is 17.5 Å². The first kappa shape index (κ1) is 24.8. The predicted octanol–water partition coefficient (Wildman–Crippen LogP) is 4.40. The third kappa shape index (κ3) is 5.39. The van der Waals surface area contributed by atoms with E-state index in [1.54, 1.807) is 13.2 Å². The lowest BCUT2D eigenvalue weighted by Crippen LogP contribution is -2.42. The number of hydrogen-bond donors (Lipinski definition) is 1. The zero-order valence-corrected chi connectivity index (χ0v) is 21.0. The molecule has 1 N–H and O–H groups in total. The molecule has 0 spiro atoms.